The van der Waals surface area contributed by atoms with Crippen molar-refractivity contribution in [1.82, 2.24) is 0 Å². The minimum atomic E-state index is -0.584. The molecule has 2 unspecified atom stereocenters. The molecule has 0 aromatic rings. The molecule has 4 nitrogen and oxygen atoms in total. The van der Waals surface area contributed by atoms with Crippen LogP contribution in [0.5, 0.6) is 0 Å². The van der Waals surface area contributed by atoms with Gasteiger partial charge in [-0.3, -0.25) is 9.59 Å². The van der Waals surface area contributed by atoms with E-state index in [4.69, 9.17) is 8.92 Å². The van der Waals surface area contributed by atoms with Crippen molar-refractivity contribution >= 4 is 33.8 Å². The predicted molar refractivity (Wildman–Crippen MR) is 164 cm³/mol. The summed E-state index contributed by atoms with van der Waals surface area (Å²) >= 11 is 1.03. The van der Waals surface area contributed by atoms with Crippen LogP contribution in [0.25, 0.3) is 0 Å². The van der Waals surface area contributed by atoms with Crippen LogP contribution >= 0.6 is 21.9 Å². The molecule has 0 spiro atoms. The molecule has 0 rings (SSSR count). The smallest absolute Gasteiger partial charge is 0.324 e. The van der Waals surface area contributed by atoms with Crippen LogP contribution in [0, 0.1) is 10.8 Å². The summed E-state index contributed by atoms with van der Waals surface area (Å²) in [5.74, 6) is -0.226. The first-order valence-corrected chi connectivity index (χ1v) is 17.5. The Labute approximate surface area is 238 Å². The van der Waals surface area contributed by atoms with Crippen molar-refractivity contribution in [3.8, 4) is 0 Å². The molecule has 37 heavy (non-hydrogen) atoms. The highest BCUT2D eigenvalue weighted by Gasteiger charge is 2.47. The fourth-order valence-electron chi connectivity index (χ4n) is 4.92. The zero-order valence-corrected chi connectivity index (χ0v) is 27.3. The molecule has 0 fully saturated rings. The maximum absolute atomic E-state index is 13.2. The minimum Gasteiger partial charge on any atom is -0.459 e. The van der Waals surface area contributed by atoms with E-state index >= 15 is 0 Å². The summed E-state index contributed by atoms with van der Waals surface area (Å²) in [6.45, 7) is 17.2. The van der Waals surface area contributed by atoms with Crippen molar-refractivity contribution < 1.29 is 18.5 Å². The molecule has 0 aliphatic heterocycles. The van der Waals surface area contributed by atoms with Crippen LogP contribution in [-0.2, 0) is 18.5 Å². The fraction of sp³-hybridized carbons (Fsp3) is 0.935. The van der Waals surface area contributed by atoms with Gasteiger partial charge in [-0.2, -0.15) is 0 Å². The largest absolute Gasteiger partial charge is 0.459 e. The molecule has 220 valence electrons. The third kappa shape index (κ3) is 15.1. The molecule has 0 radical (unpaired) electrons. The third-order valence-corrected chi connectivity index (χ3v) is 9.76. The highest BCUT2D eigenvalue weighted by atomic mass is 33.1. The lowest BCUT2D eigenvalue weighted by Crippen LogP contribution is -2.42. The first kappa shape index (κ1) is 36.6. The Bertz CT molecular complexity index is 610. The van der Waals surface area contributed by atoms with E-state index in [1.807, 2.05) is 13.8 Å². The number of carbonyl (C=O) groups excluding carboxylic acids is 2. The lowest BCUT2D eigenvalue weighted by molar-refractivity contribution is -0.156. The number of rotatable bonds is 24. The molecule has 0 saturated heterocycles. The molecule has 0 aromatic heterocycles. The van der Waals surface area contributed by atoms with Gasteiger partial charge in [0.25, 0.3) is 0 Å². The molecule has 0 aliphatic rings. The molecule has 0 aliphatic carbocycles. The van der Waals surface area contributed by atoms with Gasteiger partial charge in [0.05, 0.1) is 5.41 Å². The van der Waals surface area contributed by atoms with Gasteiger partial charge in [0.1, 0.15) is 22.4 Å². The van der Waals surface area contributed by atoms with E-state index in [1.165, 1.54) is 55.7 Å². The van der Waals surface area contributed by atoms with E-state index in [0.717, 1.165) is 75.3 Å². The summed E-state index contributed by atoms with van der Waals surface area (Å²) in [5.41, 5.74) is -1.09. The van der Waals surface area contributed by atoms with Crippen LogP contribution < -0.4 is 0 Å². The second kappa shape index (κ2) is 20.5. The Morgan fingerprint density at radius 3 is 1.68 bits per heavy atom. The number of hydrogen-bond donors (Lipinski definition) is 0. The monoisotopic (exact) mass is 560 g/mol. The minimum absolute atomic E-state index is 0.101. The van der Waals surface area contributed by atoms with Gasteiger partial charge in [-0.05, 0) is 75.5 Å². The summed E-state index contributed by atoms with van der Waals surface area (Å²) in [4.78, 5) is 25.8. The Morgan fingerprint density at radius 1 is 0.622 bits per heavy atom. The van der Waals surface area contributed by atoms with Crippen molar-refractivity contribution in [3.63, 3.8) is 0 Å². The van der Waals surface area contributed by atoms with E-state index in [9.17, 15) is 9.59 Å². The van der Waals surface area contributed by atoms with Crippen molar-refractivity contribution in [2.24, 2.45) is 10.8 Å². The number of esters is 1. The second-order valence-electron chi connectivity index (χ2n) is 12.0. The SMILES string of the molecule is CCCCCCCC(C)(CCCC)OC(=O)CSSOC(=O)C(C)(C)C(C)(CCCC)CCCCCC. The summed E-state index contributed by atoms with van der Waals surface area (Å²) in [6.07, 6.45) is 19.1. The standard InChI is InChI=1S/C31H60O4S2/c1-9-13-17-19-21-25-31(8,24-16-12-4)34-27(32)26-36-37-35-28(33)29(5,6)30(7,22-15-11-3)23-20-18-14-10-2/h9-26H2,1-8H3. The average Bonchev–Trinajstić information content (AvgIpc) is 2.86. The van der Waals surface area contributed by atoms with Crippen molar-refractivity contribution in [2.75, 3.05) is 5.75 Å². The van der Waals surface area contributed by atoms with Crippen molar-refractivity contribution in [2.45, 2.75) is 170 Å². The van der Waals surface area contributed by atoms with E-state index in [1.54, 1.807) is 0 Å². The van der Waals surface area contributed by atoms with E-state index < -0.39 is 11.0 Å². The highest BCUT2D eigenvalue weighted by Crippen LogP contribution is 2.48. The van der Waals surface area contributed by atoms with Gasteiger partial charge in [0.15, 0.2) is 0 Å². The summed E-state index contributed by atoms with van der Waals surface area (Å²) < 4.78 is 11.6. The van der Waals surface area contributed by atoms with E-state index in [0.29, 0.717) is 0 Å². The zero-order valence-electron chi connectivity index (χ0n) is 25.7. The molecule has 0 amide bonds. The lowest BCUT2D eigenvalue weighted by atomic mass is 9.61. The number of unbranched alkanes of at least 4 members (excludes halogenated alkanes) is 9. The first-order valence-electron chi connectivity index (χ1n) is 15.2. The van der Waals surface area contributed by atoms with Crippen molar-refractivity contribution in [3.05, 3.63) is 0 Å². The molecule has 0 bridgehead atoms. The second-order valence-corrected chi connectivity index (χ2v) is 13.9. The lowest BCUT2D eigenvalue weighted by Gasteiger charge is -2.42. The van der Waals surface area contributed by atoms with Gasteiger partial charge in [0.2, 0.25) is 0 Å². The maximum atomic E-state index is 13.2. The highest BCUT2D eigenvalue weighted by molar-refractivity contribution is 8.75. The number of hydrogen-bond acceptors (Lipinski definition) is 6. The molecular formula is C31H60O4S2. The van der Waals surface area contributed by atoms with Crippen molar-refractivity contribution in [1.29, 1.82) is 0 Å². The Morgan fingerprint density at radius 2 is 1.08 bits per heavy atom. The molecule has 0 aromatic carbocycles. The fourth-order valence-corrected chi connectivity index (χ4v) is 6.21. The quantitative estimate of drug-likeness (QED) is 0.0506. The Balaban J connectivity index is 4.78. The van der Waals surface area contributed by atoms with E-state index in [2.05, 4.69) is 41.5 Å². The molecule has 0 saturated carbocycles. The third-order valence-electron chi connectivity index (χ3n) is 8.25. The van der Waals surface area contributed by atoms with Crippen LogP contribution in [0.4, 0.5) is 0 Å². The van der Waals surface area contributed by atoms with E-state index in [-0.39, 0.29) is 23.1 Å². The summed E-state index contributed by atoms with van der Waals surface area (Å²) in [6, 6.07) is 0. The summed E-state index contributed by atoms with van der Waals surface area (Å²) in [5, 5.41) is 0. The van der Waals surface area contributed by atoms with Gasteiger partial charge < -0.3 is 8.92 Å². The first-order chi connectivity index (χ1) is 17.5. The molecule has 6 heteroatoms. The van der Waals surface area contributed by atoms with Gasteiger partial charge in [-0.15, -0.1) is 0 Å². The normalized spacial score (nSPS) is 15.1. The van der Waals surface area contributed by atoms with Crippen LogP contribution in [-0.4, -0.2) is 23.3 Å². The Hall–Kier alpha value is -0.360. The topological polar surface area (TPSA) is 52.6 Å². The van der Waals surface area contributed by atoms with Crippen LogP contribution in [0.3, 0.4) is 0 Å². The Kier molecular flexibility index (Phi) is 20.3. The van der Waals surface area contributed by atoms with Crippen LogP contribution in [0.1, 0.15) is 165 Å². The molecular weight excluding hydrogens is 500 g/mol. The average molecular weight is 561 g/mol. The summed E-state index contributed by atoms with van der Waals surface area (Å²) in [7, 11) is 1.26. The predicted octanol–water partition coefficient (Wildman–Crippen LogP) is 10.9. The number of carbonyl (C=O) groups is 2. The number of ether oxygens (including phenoxy) is 1. The maximum Gasteiger partial charge on any atom is 0.324 e. The van der Waals surface area contributed by atoms with Crippen LogP contribution in [0.2, 0.25) is 0 Å². The zero-order chi connectivity index (χ0) is 28.2. The molecule has 2 atom stereocenters. The molecule has 0 N–H and O–H groups in total. The van der Waals surface area contributed by atoms with Crippen LogP contribution in [0.15, 0.2) is 0 Å². The van der Waals surface area contributed by atoms with Gasteiger partial charge in [-0.25, -0.2) is 0 Å². The van der Waals surface area contributed by atoms with Gasteiger partial charge in [-0.1, -0.05) is 105 Å². The molecule has 0 heterocycles. The van der Waals surface area contributed by atoms with Gasteiger partial charge >= 0.3 is 11.9 Å². The van der Waals surface area contributed by atoms with Gasteiger partial charge in [0, 0.05) is 0 Å².